The molecule has 0 aliphatic rings. The summed E-state index contributed by atoms with van der Waals surface area (Å²) in [6, 6.07) is 15.8. The molecular formula is C22H22N4O2. The Hall–Kier alpha value is -3.41. The van der Waals surface area contributed by atoms with Crippen molar-refractivity contribution in [1.29, 1.82) is 0 Å². The summed E-state index contributed by atoms with van der Waals surface area (Å²) in [6.45, 7) is 4.31. The van der Waals surface area contributed by atoms with Crippen molar-refractivity contribution in [3.05, 3.63) is 71.2 Å². The van der Waals surface area contributed by atoms with Crippen LogP contribution in [0.2, 0.25) is 0 Å². The molecule has 0 saturated heterocycles. The van der Waals surface area contributed by atoms with Crippen molar-refractivity contribution in [3.8, 4) is 11.4 Å². The van der Waals surface area contributed by atoms with Gasteiger partial charge in [-0.1, -0.05) is 49.7 Å². The first-order chi connectivity index (χ1) is 13.7. The number of benzene rings is 2. The van der Waals surface area contributed by atoms with Gasteiger partial charge >= 0.3 is 0 Å². The van der Waals surface area contributed by atoms with Gasteiger partial charge in [0.25, 0.3) is 5.91 Å². The van der Waals surface area contributed by atoms with E-state index in [4.69, 9.17) is 4.42 Å². The van der Waals surface area contributed by atoms with Crippen molar-refractivity contribution in [2.75, 3.05) is 0 Å². The number of carbonyl (C=O) groups is 1. The largest absolute Gasteiger partial charge is 0.451 e. The zero-order chi connectivity index (χ0) is 19.5. The summed E-state index contributed by atoms with van der Waals surface area (Å²) in [5, 5.41) is 10.9. The highest BCUT2D eigenvalue weighted by atomic mass is 16.3. The summed E-state index contributed by atoms with van der Waals surface area (Å²) < 4.78 is 5.80. The number of hydrogen-bond acceptors (Lipinski definition) is 4. The summed E-state index contributed by atoms with van der Waals surface area (Å²) in [5.41, 5.74) is 3.76. The Morgan fingerprint density at radius 2 is 2.00 bits per heavy atom. The predicted molar refractivity (Wildman–Crippen MR) is 108 cm³/mol. The van der Waals surface area contributed by atoms with E-state index in [9.17, 15) is 4.79 Å². The van der Waals surface area contributed by atoms with Crippen LogP contribution in [-0.2, 0) is 13.0 Å². The van der Waals surface area contributed by atoms with Gasteiger partial charge in [0.1, 0.15) is 11.4 Å². The summed E-state index contributed by atoms with van der Waals surface area (Å²) in [4.78, 5) is 17.1. The van der Waals surface area contributed by atoms with Crippen LogP contribution in [0.25, 0.3) is 22.4 Å². The molecule has 0 bridgehead atoms. The van der Waals surface area contributed by atoms with E-state index < -0.39 is 0 Å². The molecule has 4 rings (SSSR count). The minimum atomic E-state index is -0.261. The molecule has 2 N–H and O–H groups in total. The maximum Gasteiger partial charge on any atom is 0.287 e. The number of carbonyl (C=O) groups excluding carboxylic acids is 1. The number of nitrogens with one attached hydrogen (secondary N) is 2. The van der Waals surface area contributed by atoms with Gasteiger partial charge in [-0.05, 0) is 31.0 Å². The summed E-state index contributed by atoms with van der Waals surface area (Å²) >= 11 is 0. The second kappa shape index (κ2) is 7.68. The molecule has 28 heavy (non-hydrogen) atoms. The molecule has 0 spiro atoms. The minimum absolute atomic E-state index is 0.246. The number of aromatic amines is 1. The Kier molecular flexibility index (Phi) is 4.93. The number of furan rings is 1. The molecule has 0 unspecified atom stereocenters. The van der Waals surface area contributed by atoms with E-state index in [1.807, 2.05) is 43.3 Å². The number of rotatable bonds is 6. The van der Waals surface area contributed by atoms with Crippen LogP contribution < -0.4 is 5.32 Å². The molecule has 2 heterocycles. The average molecular weight is 374 g/mol. The van der Waals surface area contributed by atoms with Gasteiger partial charge in [-0.3, -0.25) is 9.89 Å². The third-order valence-corrected chi connectivity index (χ3v) is 4.73. The van der Waals surface area contributed by atoms with Crippen LogP contribution >= 0.6 is 0 Å². The van der Waals surface area contributed by atoms with Gasteiger partial charge in [-0.15, -0.1) is 0 Å². The van der Waals surface area contributed by atoms with Crippen LogP contribution in [0.4, 0.5) is 0 Å². The first kappa shape index (κ1) is 18.0. The zero-order valence-electron chi connectivity index (χ0n) is 16.0. The molecule has 4 aromatic rings. The molecule has 2 aromatic heterocycles. The topological polar surface area (TPSA) is 83.8 Å². The standard InChI is InChI=1S/C22H22N4O2/c1-3-7-15-10-11-18-17(12-15)14(2)20(28-18)22(27)23-13-19-24-21(26-25-19)16-8-5-4-6-9-16/h4-6,8-12H,3,7,13H2,1-2H3,(H,23,27)(H,24,25,26). The van der Waals surface area contributed by atoms with Gasteiger partial charge in [-0.25, -0.2) is 4.98 Å². The van der Waals surface area contributed by atoms with E-state index in [1.54, 1.807) is 0 Å². The van der Waals surface area contributed by atoms with E-state index in [2.05, 4.69) is 39.6 Å². The lowest BCUT2D eigenvalue weighted by atomic mass is 10.1. The lowest BCUT2D eigenvalue weighted by Crippen LogP contribution is -2.23. The van der Waals surface area contributed by atoms with Crippen LogP contribution in [0.1, 0.15) is 40.9 Å². The molecule has 0 aliphatic carbocycles. The lowest BCUT2D eigenvalue weighted by Gasteiger charge is -2.01. The smallest absolute Gasteiger partial charge is 0.287 e. The monoisotopic (exact) mass is 374 g/mol. The fraction of sp³-hybridized carbons (Fsp3) is 0.227. The molecule has 6 nitrogen and oxygen atoms in total. The maximum absolute atomic E-state index is 12.6. The Bertz CT molecular complexity index is 1110. The Morgan fingerprint density at radius 3 is 2.79 bits per heavy atom. The van der Waals surface area contributed by atoms with Crippen LogP contribution in [0, 0.1) is 6.92 Å². The third kappa shape index (κ3) is 3.53. The normalized spacial score (nSPS) is 11.1. The van der Waals surface area contributed by atoms with Gasteiger partial charge in [0.2, 0.25) is 0 Å². The van der Waals surface area contributed by atoms with E-state index in [1.165, 1.54) is 5.56 Å². The molecule has 0 atom stereocenters. The van der Waals surface area contributed by atoms with Crippen molar-refractivity contribution >= 4 is 16.9 Å². The van der Waals surface area contributed by atoms with Crippen molar-refractivity contribution in [1.82, 2.24) is 20.5 Å². The average Bonchev–Trinajstić information content (AvgIpc) is 3.32. The Labute approximate surface area is 163 Å². The van der Waals surface area contributed by atoms with E-state index in [0.29, 0.717) is 17.4 Å². The van der Waals surface area contributed by atoms with Gasteiger partial charge in [0.15, 0.2) is 11.6 Å². The second-order valence-corrected chi connectivity index (χ2v) is 6.79. The highest BCUT2D eigenvalue weighted by Crippen LogP contribution is 2.26. The molecule has 1 amide bonds. The number of aromatic nitrogens is 3. The molecule has 0 aliphatic heterocycles. The first-order valence-corrected chi connectivity index (χ1v) is 9.42. The zero-order valence-corrected chi connectivity index (χ0v) is 16.0. The molecule has 2 aromatic carbocycles. The second-order valence-electron chi connectivity index (χ2n) is 6.79. The van der Waals surface area contributed by atoms with Crippen molar-refractivity contribution in [2.45, 2.75) is 33.2 Å². The minimum Gasteiger partial charge on any atom is -0.451 e. The number of fused-ring (bicyclic) bond motifs is 1. The number of amides is 1. The maximum atomic E-state index is 12.6. The highest BCUT2D eigenvalue weighted by molar-refractivity contribution is 5.99. The van der Waals surface area contributed by atoms with Crippen LogP contribution in [0.5, 0.6) is 0 Å². The quantitative estimate of drug-likeness (QED) is 0.524. The van der Waals surface area contributed by atoms with Gasteiger partial charge in [0.05, 0.1) is 6.54 Å². The Morgan fingerprint density at radius 1 is 1.18 bits per heavy atom. The lowest BCUT2D eigenvalue weighted by molar-refractivity contribution is 0.0923. The molecular weight excluding hydrogens is 352 g/mol. The van der Waals surface area contributed by atoms with Crippen molar-refractivity contribution in [3.63, 3.8) is 0 Å². The van der Waals surface area contributed by atoms with E-state index >= 15 is 0 Å². The fourth-order valence-corrected chi connectivity index (χ4v) is 3.26. The van der Waals surface area contributed by atoms with E-state index in [0.717, 1.165) is 34.9 Å². The Balaban J connectivity index is 1.48. The number of H-pyrrole nitrogens is 1. The summed E-state index contributed by atoms with van der Waals surface area (Å²) in [7, 11) is 0. The molecule has 6 heteroatoms. The predicted octanol–water partition coefficient (Wildman–Crippen LogP) is 4.41. The fourth-order valence-electron chi connectivity index (χ4n) is 3.26. The highest BCUT2D eigenvalue weighted by Gasteiger charge is 2.18. The molecule has 0 saturated carbocycles. The van der Waals surface area contributed by atoms with Crippen LogP contribution in [0.3, 0.4) is 0 Å². The summed E-state index contributed by atoms with van der Waals surface area (Å²) in [5.74, 6) is 1.27. The number of aryl methyl sites for hydroxylation is 2. The summed E-state index contributed by atoms with van der Waals surface area (Å²) in [6.07, 6.45) is 2.09. The third-order valence-electron chi connectivity index (χ3n) is 4.73. The molecule has 0 radical (unpaired) electrons. The number of hydrogen-bond donors (Lipinski definition) is 2. The van der Waals surface area contributed by atoms with Crippen molar-refractivity contribution < 1.29 is 9.21 Å². The van der Waals surface area contributed by atoms with Crippen molar-refractivity contribution in [2.24, 2.45) is 0 Å². The first-order valence-electron chi connectivity index (χ1n) is 9.42. The van der Waals surface area contributed by atoms with Gasteiger partial charge < -0.3 is 9.73 Å². The molecule has 142 valence electrons. The SMILES string of the molecule is CCCc1ccc2oc(C(=O)NCc3nc(-c4ccccc4)n[nH]3)c(C)c2c1. The van der Waals surface area contributed by atoms with Crippen LogP contribution in [-0.4, -0.2) is 21.1 Å². The van der Waals surface area contributed by atoms with Gasteiger partial charge in [0, 0.05) is 16.5 Å². The van der Waals surface area contributed by atoms with E-state index in [-0.39, 0.29) is 12.5 Å². The number of nitrogens with zero attached hydrogens (tertiary/aromatic N) is 2. The molecule has 0 fully saturated rings. The van der Waals surface area contributed by atoms with Gasteiger partial charge in [-0.2, -0.15) is 5.10 Å². The van der Waals surface area contributed by atoms with Crippen LogP contribution in [0.15, 0.2) is 52.9 Å².